The smallest absolute Gasteiger partial charge is 0.303 e. The Bertz CT molecular complexity index is 212. The third kappa shape index (κ3) is 9.21. The van der Waals surface area contributed by atoms with E-state index in [0.717, 1.165) is 0 Å². The molecule has 0 saturated carbocycles. The van der Waals surface area contributed by atoms with Crippen molar-refractivity contribution in [1.82, 2.24) is 0 Å². The van der Waals surface area contributed by atoms with Gasteiger partial charge in [-0.3, -0.25) is 9.59 Å². The van der Waals surface area contributed by atoms with Crippen LogP contribution < -0.4 is 0 Å². The number of carboxylic acid groups (broad SMARTS) is 2. The molecule has 0 bridgehead atoms. The molecule has 15 heavy (non-hydrogen) atoms. The summed E-state index contributed by atoms with van der Waals surface area (Å²) >= 11 is 0. The van der Waals surface area contributed by atoms with Gasteiger partial charge in [-0.2, -0.15) is 0 Å². The van der Waals surface area contributed by atoms with E-state index in [0.29, 0.717) is 0 Å². The van der Waals surface area contributed by atoms with Crippen LogP contribution in [0.5, 0.6) is 0 Å². The number of rotatable bonds is 6. The lowest BCUT2D eigenvalue weighted by Crippen LogP contribution is -2.26. The van der Waals surface area contributed by atoms with Crippen molar-refractivity contribution in [3.05, 3.63) is 0 Å². The summed E-state index contributed by atoms with van der Waals surface area (Å²) in [7, 11) is 0. The molecular weight excluding hydrogens is 200 g/mol. The molecule has 0 heterocycles. The van der Waals surface area contributed by atoms with Gasteiger partial charge in [0, 0.05) is 5.92 Å². The second kappa shape index (κ2) is 5.70. The standard InChI is InChI=1S/C10H18O5/c1-10(2,3)15-6-7(4-8(11)12)5-9(13)14/h7H,4-6H2,1-3H3,(H,11,12)(H,13,14). The maximum absolute atomic E-state index is 10.5. The van der Waals surface area contributed by atoms with Crippen LogP contribution in [0.3, 0.4) is 0 Å². The average Bonchev–Trinajstić information content (AvgIpc) is 1.96. The summed E-state index contributed by atoms with van der Waals surface area (Å²) in [5, 5.41) is 17.2. The van der Waals surface area contributed by atoms with E-state index in [2.05, 4.69) is 0 Å². The zero-order valence-electron chi connectivity index (χ0n) is 9.32. The fourth-order valence-corrected chi connectivity index (χ4v) is 1.05. The first kappa shape index (κ1) is 13.9. The van der Waals surface area contributed by atoms with Crippen molar-refractivity contribution in [2.75, 3.05) is 6.61 Å². The summed E-state index contributed by atoms with van der Waals surface area (Å²) in [5.74, 6) is -2.48. The van der Waals surface area contributed by atoms with Gasteiger partial charge in [-0.05, 0) is 20.8 Å². The van der Waals surface area contributed by atoms with Crippen molar-refractivity contribution >= 4 is 11.9 Å². The molecule has 5 heteroatoms. The van der Waals surface area contributed by atoms with E-state index in [1.165, 1.54) is 0 Å². The highest BCUT2D eigenvalue weighted by Crippen LogP contribution is 2.15. The monoisotopic (exact) mass is 218 g/mol. The maximum atomic E-state index is 10.5. The van der Waals surface area contributed by atoms with Crippen LogP contribution in [0.4, 0.5) is 0 Å². The van der Waals surface area contributed by atoms with E-state index in [9.17, 15) is 9.59 Å². The zero-order valence-corrected chi connectivity index (χ0v) is 9.32. The van der Waals surface area contributed by atoms with E-state index in [1.807, 2.05) is 20.8 Å². The Balaban J connectivity index is 4.12. The highest BCUT2D eigenvalue weighted by Gasteiger charge is 2.20. The summed E-state index contributed by atoms with van der Waals surface area (Å²) in [6.07, 6.45) is -0.356. The van der Waals surface area contributed by atoms with Crippen LogP contribution in [0.2, 0.25) is 0 Å². The molecule has 2 N–H and O–H groups in total. The van der Waals surface area contributed by atoms with Crippen LogP contribution in [0.15, 0.2) is 0 Å². The molecule has 0 unspecified atom stereocenters. The van der Waals surface area contributed by atoms with Crippen molar-refractivity contribution < 1.29 is 24.5 Å². The van der Waals surface area contributed by atoms with Crippen LogP contribution in [0, 0.1) is 5.92 Å². The molecule has 0 saturated heterocycles. The van der Waals surface area contributed by atoms with E-state index in [1.54, 1.807) is 0 Å². The van der Waals surface area contributed by atoms with Gasteiger partial charge >= 0.3 is 11.9 Å². The molecule has 0 aromatic carbocycles. The number of carbonyl (C=O) groups is 2. The molecule has 0 aromatic heterocycles. The zero-order chi connectivity index (χ0) is 12.1. The quantitative estimate of drug-likeness (QED) is 0.703. The minimum Gasteiger partial charge on any atom is -0.481 e. The number of carboxylic acids is 2. The Kier molecular flexibility index (Phi) is 5.28. The molecule has 0 amide bonds. The molecule has 0 spiro atoms. The fraction of sp³-hybridized carbons (Fsp3) is 0.800. The van der Waals surface area contributed by atoms with Gasteiger partial charge in [-0.15, -0.1) is 0 Å². The van der Waals surface area contributed by atoms with Gasteiger partial charge in [-0.1, -0.05) is 0 Å². The van der Waals surface area contributed by atoms with Crippen molar-refractivity contribution in [1.29, 1.82) is 0 Å². The van der Waals surface area contributed by atoms with Crippen LogP contribution in [-0.4, -0.2) is 34.4 Å². The molecular formula is C10H18O5. The normalized spacial score (nSPS) is 11.7. The minimum atomic E-state index is -1.00. The lowest BCUT2D eigenvalue weighted by Gasteiger charge is -2.22. The summed E-state index contributed by atoms with van der Waals surface area (Å²) < 4.78 is 5.37. The topological polar surface area (TPSA) is 83.8 Å². The predicted octanol–water partition coefficient (Wildman–Crippen LogP) is 1.37. The summed E-state index contributed by atoms with van der Waals surface area (Å²) in [5.41, 5.74) is -0.380. The minimum absolute atomic E-state index is 0.155. The first-order valence-electron chi connectivity index (χ1n) is 4.78. The number of ether oxygens (including phenoxy) is 1. The van der Waals surface area contributed by atoms with E-state index in [-0.39, 0.29) is 25.0 Å². The Morgan fingerprint density at radius 1 is 1.13 bits per heavy atom. The molecule has 5 nitrogen and oxygen atoms in total. The maximum Gasteiger partial charge on any atom is 0.303 e. The molecule has 0 aliphatic heterocycles. The summed E-state index contributed by atoms with van der Waals surface area (Å²) in [4.78, 5) is 20.9. The van der Waals surface area contributed by atoms with Gasteiger partial charge in [0.05, 0.1) is 25.0 Å². The molecule has 0 aliphatic carbocycles. The Morgan fingerprint density at radius 3 is 1.80 bits per heavy atom. The molecule has 0 radical (unpaired) electrons. The van der Waals surface area contributed by atoms with Crippen molar-refractivity contribution in [3.63, 3.8) is 0 Å². The third-order valence-corrected chi connectivity index (χ3v) is 1.68. The highest BCUT2D eigenvalue weighted by atomic mass is 16.5. The van der Waals surface area contributed by atoms with Crippen LogP contribution >= 0.6 is 0 Å². The van der Waals surface area contributed by atoms with Crippen LogP contribution in [-0.2, 0) is 14.3 Å². The molecule has 0 rings (SSSR count). The van der Waals surface area contributed by atoms with Crippen LogP contribution in [0.1, 0.15) is 33.6 Å². The van der Waals surface area contributed by atoms with E-state index in [4.69, 9.17) is 14.9 Å². The highest BCUT2D eigenvalue weighted by molar-refractivity contribution is 5.70. The first-order valence-corrected chi connectivity index (χ1v) is 4.78. The first-order chi connectivity index (χ1) is 6.70. The second-order valence-electron chi connectivity index (χ2n) is 4.49. The van der Waals surface area contributed by atoms with Crippen molar-refractivity contribution in [2.45, 2.75) is 39.2 Å². The molecule has 0 aliphatic rings. The number of aliphatic carboxylic acids is 2. The molecule has 0 fully saturated rings. The van der Waals surface area contributed by atoms with Gasteiger partial charge in [-0.25, -0.2) is 0 Å². The van der Waals surface area contributed by atoms with Crippen LogP contribution in [0.25, 0.3) is 0 Å². The molecule has 0 atom stereocenters. The molecule has 88 valence electrons. The average molecular weight is 218 g/mol. The third-order valence-electron chi connectivity index (χ3n) is 1.68. The summed E-state index contributed by atoms with van der Waals surface area (Å²) in [6.45, 7) is 5.67. The van der Waals surface area contributed by atoms with Gasteiger partial charge in [0.15, 0.2) is 0 Å². The lowest BCUT2D eigenvalue weighted by molar-refractivity contribution is -0.142. The van der Waals surface area contributed by atoms with E-state index < -0.39 is 17.9 Å². The SMILES string of the molecule is CC(C)(C)OCC(CC(=O)O)CC(=O)O. The molecule has 0 aromatic rings. The van der Waals surface area contributed by atoms with Crippen molar-refractivity contribution in [3.8, 4) is 0 Å². The summed E-state index contributed by atoms with van der Waals surface area (Å²) in [6, 6.07) is 0. The Morgan fingerprint density at radius 2 is 1.53 bits per heavy atom. The number of hydrogen-bond donors (Lipinski definition) is 2. The largest absolute Gasteiger partial charge is 0.481 e. The Labute approximate surface area is 89.0 Å². The van der Waals surface area contributed by atoms with Gasteiger partial charge in [0.2, 0.25) is 0 Å². The van der Waals surface area contributed by atoms with Crippen molar-refractivity contribution in [2.24, 2.45) is 5.92 Å². The van der Waals surface area contributed by atoms with E-state index >= 15 is 0 Å². The number of hydrogen-bond acceptors (Lipinski definition) is 3. The fourth-order valence-electron chi connectivity index (χ4n) is 1.05. The van der Waals surface area contributed by atoms with Gasteiger partial charge < -0.3 is 14.9 Å². The second-order valence-corrected chi connectivity index (χ2v) is 4.49. The Hall–Kier alpha value is -1.10. The van der Waals surface area contributed by atoms with Gasteiger partial charge in [0.25, 0.3) is 0 Å². The van der Waals surface area contributed by atoms with Gasteiger partial charge in [0.1, 0.15) is 0 Å². The lowest BCUT2D eigenvalue weighted by atomic mass is 10.0. The predicted molar refractivity (Wildman–Crippen MR) is 53.7 cm³/mol.